The third kappa shape index (κ3) is 4.24. The Morgan fingerprint density at radius 2 is 1.84 bits per heavy atom. The van der Waals surface area contributed by atoms with Crippen LogP contribution in [-0.4, -0.2) is 50.1 Å². The Kier molecular flexibility index (Phi) is 5.40. The van der Waals surface area contributed by atoms with Gasteiger partial charge in [0, 0.05) is 14.1 Å². The Labute approximate surface area is 180 Å². The lowest BCUT2D eigenvalue weighted by molar-refractivity contribution is 0.0824. The maximum atomic E-state index is 12.3. The first kappa shape index (κ1) is 20.9. The first-order valence-electron chi connectivity index (χ1n) is 9.85. The van der Waals surface area contributed by atoms with Crippen LogP contribution in [0.5, 0.6) is 5.75 Å². The summed E-state index contributed by atoms with van der Waals surface area (Å²) in [4.78, 5) is 13.6. The van der Waals surface area contributed by atoms with Crippen LogP contribution in [0.4, 0.5) is 5.69 Å². The summed E-state index contributed by atoms with van der Waals surface area (Å²) >= 11 is 0. The number of para-hydroxylation sites is 1. The van der Waals surface area contributed by atoms with E-state index >= 15 is 0 Å². The van der Waals surface area contributed by atoms with Gasteiger partial charge in [0.05, 0.1) is 17.3 Å². The molecule has 162 valence electrons. The average molecular weight is 442 g/mol. The van der Waals surface area contributed by atoms with Gasteiger partial charge in [-0.25, -0.2) is 0 Å². The minimum atomic E-state index is -4.05. The van der Waals surface area contributed by atoms with Gasteiger partial charge in [0.2, 0.25) is 0 Å². The molecule has 1 atom stereocenters. The van der Waals surface area contributed by atoms with E-state index < -0.39 is 10.2 Å². The molecule has 3 N–H and O–H groups in total. The van der Waals surface area contributed by atoms with Crippen molar-refractivity contribution >= 4 is 33.5 Å². The first-order valence-corrected chi connectivity index (χ1v) is 11.2. The number of aryl methyl sites for hydroxylation is 1. The number of benzene rings is 2. The zero-order valence-corrected chi connectivity index (χ0v) is 18.0. The van der Waals surface area contributed by atoms with Crippen molar-refractivity contribution < 1.29 is 18.3 Å². The molecule has 1 unspecified atom stereocenters. The van der Waals surface area contributed by atoms with Crippen molar-refractivity contribution in [1.29, 1.82) is 0 Å². The van der Waals surface area contributed by atoms with Gasteiger partial charge in [-0.3, -0.25) is 4.79 Å². The molecule has 1 aliphatic carbocycles. The minimum absolute atomic E-state index is 0.0344. The molecule has 1 heterocycles. The molecule has 2 aromatic carbocycles. The number of nitrogens with one attached hydrogen (secondary N) is 2. The molecular formula is C21H23N5O4S. The number of amidine groups is 2. The minimum Gasteiger partial charge on any atom is -0.505 e. The Bertz CT molecular complexity index is 1200. The quantitative estimate of drug-likeness (QED) is 0.628. The van der Waals surface area contributed by atoms with Crippen molar-refractivity contribution in [2.24, 2.45) is 8.80 Å². The third-order valence-electron chi connectivity index (χ3n) is 5.24. The van der Waals surface area contributed by atoms with Crippen molar-refractivity contribution in [3.63, 3.8) is 0 Å². The van der Waals surface area contributed by atoms with Gasteiger partial charge in [-0.2, -0.15) is 8.42 Å². The Balaban J connectivity index is 1.62. The highest BCUT2D eigenvalue weighted by molar-refractivity contribution is 7.89. The second kappa shape index (κ2) is 8.03. The van der Waals surface area contributed by atoms with Crippen LogP contribution in [0, 0.1) is 0 Å². The summed E-state index contributed by atoms with van der Waals surface area (Å²) in [7, 11) is -0.900. The highest BCUT2D eigenvalue weighted by Crippen LogP contribution is 2.31. The van der Waals surface area contributed by atoms with Crippen molar-refractivity contribution in [2.45, 2.75) is 25.3 Å². The molecule has 0 bridgehead atoms. The topological polar surface area (TPSA) is 123 Å². The van der Waals surface area contributed by atoms with Crippen LogP contribution >= 0.6 is 0 Å². The summed E-state index contributed by atoms with van der Waals surface area (Å²) in [6.45, 7) is 0. The van der Waals surface area contributed by atoms with Gasteiger partial charge in [-0.1, -0.05) is 30.3 Å². The summed E-state index contributed by atoms with van der Waals surface area (Å²) in [5.41, 5.74) is 2.56. The first-order chi connectivity index (χ1) is 14.7. The van der Waals surface area contributed by atoms with E-state index in [1.54, 1.807) is 20.2 Å². The number of rotatable bonds is 3. The number of fused-ring (bicyclic) bond motifs is 1. The van der Waals surface area contributed by atoms with Crippen LogP contribution in [0.2, 0.25) is 0 Å². The van der Waals surface area contributed by atoms with E-state index in [9.17, 15) is 18.3 Å². The molecular weight excluding hydrogens is 418 g/mol. The SMILES string of the molecule is CN(C)C(=O)c1cccc(NC2=NS(=O)(=O)N=C2NC2CCCc3ccccc32)c1O. The molecule has 4 rings (SSSR count). The lowest BCUT2D eigenvalue weighted by Crippen LogP contribution is -2.37. The fourth-order valence-electron chi connectivity index (χ4n) is 3.77. The van der Waals surface area contributed by atoms with Crippen LogP contribution in [0.25, 0.3) is 0 Å². The highest BCUT2D eigenvalue weighted by Gasteiger charge is 2.29. The fraction of sp³-hybridized carbons (Fsp3) is 0.286. The van der Waals surface area contributed by atoms with E-state index in [-0.39, 0.29) is 40.6 Å². The van der Waals surface area contributed by atoms with Gasteiger partial charge < -0.3 is 20.6 Å². The molecule has 0 saturated heterocycles. The monoisotopic (exact) mass is 441 g/mol. The molecule has 10 heteroatoms. The summed E-state index contributed by atoms with van der Waals surface area (Å²) in [6, 6.07) is 12.5. The second-order valence-electron chi connectivity index (χ2n) is 7.64. The number of phenols is 1. The number of nitrogens with zero attached hydrogens (tertiary/aromatic N) is 3. The van der Waals surface area contributed by atoms with Crippen molar-refractivity contribution in [3.05, 3.63) is 59.2 Å². The maximum Gasteiger partial charge on any atom is 0.367 e. The smallest absolute Gasteiger partial charge is 0.367 e. The Morgan fingerprint density at radius 1 is 1.10 bits per heavy atom. The molecule has 0 fully saturated rings. The van der Waals surface area contributed by atoms with Gasteiger partial charge >= 0.3 is 10.2 Å². The van der Waals surface area contributed by atoms with E-state index in [1.807, 2.05) is 18.2 Å². The summed E-state index contributed by atoms with van der Waals surface area (Å²) in [6.07, 6.45) is 2.75. The molecule has 9 nitrogen and oxygen atoms in total. The number of hydrogen-bond donors (Lipinski definition) is 3. The van der Waals surface area contributed by atoms with Crippen LogP contribution < -0.4 is 10.6 Å². The molecule has 0 spiro atoms. The van der Waals surface area contributed by atoms with Gasteiger partial charge in [-0.05, 0) is 42.5 Å². The van der Waals surface area contributed by atoms with E-state index in [4.69, 9.17) is 0 Å². The van der Waals surface area contributed by atoms with Gasteiger partial charge in [0.1, 0.15) is 0 Å². The summed E-state index contributed by atoms with van der Waals surface area (Å²) in [5.74, 6) is -0.637. The van der Waals surface area contributed by atoms with E-state index in [0.717, 1.165) is 24.8 Å². The predicted octanol–water partition coefficient (Wildman–Crippen LogP) is 2.23. The Hall–Kier alpha value is -3.40. The molecule has 0 aromatic heterocycles. The average Bonchev–Trinajstić information content (AvgIpc) is 3.02. The molecule has 1 amide bonds. The molecule has 2 aromatic rings. The molecule has 2 aliphatic rings. The zero-order chi connectivity index (χ0) is 22.2. The van der Waals surface area contributed by atoms with Crippen molar-refractivity contribution in [1.82, 2.24) is 10.2 Å². The number of carbonyl (C=O) groups excluding carboxylic acids is 1. The normalized spacial score (nSPS) is 19.1. The maximum absolute atomic E-state index is 12.3. The zero-order valence-electron chi connectivity index (χ0n) is 17.2. The Morgan fingerprint density at radius 3 is 2.61 bits per heavy atom. The van der Waals surface area contributed by atoms with Crippen LogP contribution in [0.15, 0.2) is 51.3 Å². The number of aromatic hydroxyl groups is 1. The number of hydrogen-bond acceptors (Lipinski definition) is 6. The third-order valence-corrected chi connectivity index (χ3v) is 6.07. The molecule has 0 saturated carbocycles. The summed E-state index contributed by atoms with van der Waals surface area (Å²) < 4.78 is 31.6. The predicted molar refractivity (Wildman–Crippen MR) is 119 cm³/mol. The van der Waals surface area contributed by atoms with Gasteiger partial charge in [0.15, 0.2) is 17.4 Å². The lowest BCUT2D eigenvalue weighted by atomic mass is 9.88. The molecule has 0 radical (unpaired) electrons. The standard InChI is InChI=1S/C21H23N5O4S/c1-26(2)21(28)15-10-6-12-17(18(15)27)23-20-19(24-31(29,30)25-20)22-16-11-5-8-13-7-3-4-9-14(13)16/h3-4,6-7,9-10,12,16,27H,5,8,11H2,1-2H3,(H,22,24)(H,23,25). The largest absolute Gasteiger partial charge is 0.505 e. The van der Waals surface area contributed by atoms with Crippen LogP contribution in [-0.2, 0) is 16.6 Å². The van der Waals surface area contributed by atoms with Crippen molar-refractivity contribution in [2.75, 3.05) is 19.4 Å². The van der Waals surface area contributed by atoms with Crippen molar-refractivity contribution in [3.8, 4) is 5.75 Å². The molecule has 31 heavy (non-hydrogen) atoms. The molecule has 1 aliphatic heterocycles. The lowest BCUT2D eigenvalue weighted by Gasteiger charge is -2.27. The fourth-order valence-corrected chi connectivity index (χ4v) is 4.54. The van der Waals surface area contributed by atoms with Gasteiger partial charge in [0.25, 0.3) is 5.91 Å². The van der Waals surface area contributed by atoms with E-state index in [2.05, 4.69) is 25.5 Å². The second-order valence-corrected chi connectivity index (χ2v) is 8.90. The van der Waals surface area contributed by atoms with Crippen LogP contribution in [0.3, 0.4) is 0 Å². The highest BCUT2D eigenvalue weighted by atomic mass is 32.2. The number of amides is 1. The number of anilines is 1. The van der Waals surface area contributed by atoms with Crippen LogP contribution in [0.1, 0.15) is 40.4 Å². The van der Waals surface area contributed by atoms with E-state index in [0.29, 0.717) is 0 Å². The van der Waals surface area contributed by atoms with Gasteiger partial charge in [-0.15, -0.1) is 8.80 Å². The summed E-state index contributed by atoms with van der Waals surface area (Å²) in [5, 5.41) is 16.6. The van der Waals surface area contributed by atoms with E-state index in [1.165, 1.54) is 22.6 Å². The number of phenolic OH excluding ortho intramolecular Hbond substituents is 1. The number of carbonyl (C=O) groups is 1.